The molecule has 1 nitrogen and oxygen atoms in total. The Labute approximate surface area is 82.4 Å². The molecule has 1 radical (unpaired) electrons. The number of aromatic nitrogens is 1. The van der Waals surface area contributed by atoms with E-state index in [2.05, 4.69) is 22.5 Å². The standard InChI is InChI=1S/C11H8NS/c13-8-6-10-4-1-3-9-5-2-7-12-11(9)10/h1-5,7H,6H2. The number of thiocarbonyl (C=S) groups is 1. The zero-order valence-corrected chi connectivity index (χ0v) is 7.84. The van der Waals surface area contributed by atoms with Gasteiger partial charge in [0.1, 0.15) is 0 Å². The van der Waals surface area contributed by atoms with Gasteiger partial charge in [0.2, 0.25) is 0 Å². The number of benzene rings is 1. The highest BCUT2D eigenvalue weighted by Gasteiger charge is 1.98. The first-order valence-electron chi connectivity index (χ1n) is 4.09. The van der Waals surface area contributed by atoms with Gasteiger partial charge in [0.25, 0.3) is 0 Å². The molecule has 0 saturated carbocycles. The number of hydrogen-bond donors (Lipinski definition) is 0. The van der Waals surface area contributed by atoms with Crippen LogP contribution in [0.25, 0.3) is 10.9 Å². The zero-order chi connectivity index (χ0) is 9.10. The number of hydrogen-bond acceptors (Lipinski definition) is 2. The van der Waals surface area contributed by atoms with E-state index < -0.39 is 0 Å². The fourth-order valence-corrected chi connectivity index (χ4v) is 1.54. The lowest BCUT2D eigenvalue weighted by Crippen LogP contribution is -1.88. The summed E-state index contributed by atoms with van der Waals surface area (Å²) in [5.41, 5.74) is 2.18. The Bertz CT molecular complexity index is 432. The summed E-state index contributed by atoms with van der Waals surface area (Å²) in [6.45, 7) is 0. The van der Waals surface area contributed by atoms with Gasteiger partial charge in [0, 0.05) is 23.4 Å². The maximum absolute atomic E-state index is 4.72. The molecule has 63 valence electrons. The third kappa shape index (κ3) is 1.58. The molecule has 1 aromatic heterocycles. The number of para-hydroxylation sites is 1. The molecular formula is C11H8NS. The first kappa shape index (κ1) is 8.32. The third-order valence-electron chi connectivity index (χ3n) is 1.98. The Kier molecular flexibility index (Phi) is 2.32. The van der Waals surface area contributed by atoms with Crippen molar-refractivity contribution in [3.8, 4) is 0 Å². The molecule has 0 aliphatic rings. The Morgan fingerprint density at radius 3 is 2.92 bits per heavy atom. The molecule has 0 saturated heterocycles. The number of rotatable bonds is 2. The van der Waals surface area contributed by atoms with Crippen molar-refractivity contribution in [1.29, 1.82) is 0 Å². The molecule has 0 spiro atoms. The molecule has 2 rings (SSSR count). The molecule has 0 N–H and O–H groups in total. The largest absolute Gasteiger partial charge is 0.256 e. The Morgan fingerprint density at radius 2 is 2.08 bits per heavy atom. The summed E-state index contributed by atoms with van der Waals surface area (Å²) in [5.74, 6) is 0. The highest BCUT2D eigenvalue weighted by molar-refractivity contribution is 7.79. The van der Waals surface area contributed by atoms with Gasteiger partial charge in [-0.3, -0.25) is 4.98 Å². The Balaban J connectivity index is 2.68. The van der Waals surface area contributed by atoms with Crippen molar-refractivity contribution in [2.45, 2.75) is 6.42 Å². The number of pyridine rings is 1. The van der Waals surface area contributed by atoms with Crippen LogP contribution in [0.5, 0.6) is 0 Å². The minimum atomic E-state index is 0.684. The molecule has 0 aliphatic carbocycles. The minimum Gasteiger partial charge on any atom is -0.256 e. The van der Waals surface area contributed by atoms with Crippen LogP contribution in [0.3, 0.4) is 0 Å². The number of nitrogens with zero attached hydrogens (tertiary/aromatic N) is 1. The lowest BCUT2D eigenvalue weighted by molar-refractivity contribution is 1.33. The maximum atomic E-state index is 4.72. The predicted octanol–water partition coefficient (Wildman–Crippen LogP) is 2.65. The van der Waals surface area contributed by atoms with E-state index in [0.717, 1.165) is 16.5 Å². The van der Waals surface area contributed by atoms with Crippen LogP contribution in [0.4, 0.5) is 0 Å². The first-order chi connectivity index (χ1) is 6.42. The monoisotopic (exact) mass is 186 g/mol. The van der Waals surface area contributed by atoms with Crippen LogP contribution in [0, 0.1) is 0 Å². The minimum absolute atomic E-state index is 0.684. The van der Waals surface area contributed by atoms with E-state index in [1.165, 1.54) is 0 Å². The normalized spacial score (nSPS) is 10.2. The van der Waals surface area contributed by atoms with Crippen molar-refractivity contribution in [3.63, 3.8) is 0 Å². The molecule has 2 heteroatoms. The fraction of sp³-hybridized carbons (Fsp3) is 0.0909. The van der Waals surface area contributed by atoms with Crippen molar-refractivity contribution in [1.82, 2.24) is 4.98 Å². The van der Waals surface area contributed by atoms with Gasteiger partial charge >= 0.3 is 0 Å². The van der Waals surface area contributed by atoms with Crippen molar-refractivity contribution >= 4 is 28.5 Å². The summed E-state index contributed by atoms with van der Waals surface area (Å²) < 4.78 is 0. The molecule has 0 aliphatic heterocycles. The summed E-state index contributed by atoms with van der Waals surface area (Å²) in [6.07, 6.45) is 2.49. The van der Waals surface area contributed by atoms with E-state index in [4.69, 9.17) is 12.2 Å². The van der Waals surface area contributed by atoms with Gasteiger partial charge in [-0.25, -0.2) is 0 Å². The van der Waals surface area contributed by atoms with Gasteiger partial charge in [0.15, 0.2) is 0 Å². The van der Waals surface area contributed by atoms with Gasteiger partial charge in [-0.2, -0.15) is 0 Å². The van der Waals surface area contributed by atoms with Crippen molar-refractivity contribution in [2.75, 3.05) is 0 Å². The van der Waals surface area contributed by atoms with Crippen molar-refractivity contribution in [3.05, 3.63) is 42.1 Å². The Morgan fingerprint density at radius 1 is 1.23 bits per heavy atom. The topological polar surface area (TPSA) is 12.9 Å². The van der Waals surface area contributed by atoms with E-state index in [-0.39, 0.29) is 0 Å². The average Bonchev–Trinajstić information content (AvgIpc) is 2.19. The Hall–Kier alpha value is -1.28. The van der Waals surface area contributed by atoms with Gasteiger partial charge in [-0.1, -0.05) is 36.5 Å². The molecule has 2 aromatic rings. The van der Waals surface area contributed by atoms with Crippen LogP contribution < -0.4 is 0 Å². The molecule has 0 fully saturated rings. The lowest BCUT2D eigenvalue weighted by atomic mass is 10.1. The van der Waals surface area contributed by atoms with E-state index >= 15 is 0 Å². The van der Waals surface area contributed by atoms with Crippen molar-refractivity contribution < 1.29 is 0 Å². The van der Waals surface area contributed by atoms with Crippen LogP contribution >= 0.6 is 12.2 Å². The highest BCUT2D eigenvalue weighted by Crippen LogP contribution is 2.15. The van der Waals surface area contributed by atoms with E-state index in [1.54, 1.807) is 6.20 Å². The second kappa shape index (κ2) is 3.62. The van der Waals surface area contributed by atoms with Crippen molar-refractivity contribution in [2.24, 2.45) is 0 Å². The lowest BCUT2D eigenvalue weighted by Gasteiger charge is -2.00. The summed E-state index contributed by atoms with van der Waals surface area (Å²) in [7, 11) is 0. The average molecular weight is 186 g/mol. The zero-order valence-electron chi connectivity index (χ0n) is 7.03. The molecule has 0 atom stereocenters. The molecule has 1 aromatic carbocycles. The predicted molar refractivity (Wildman–Crippen MR) is 58.0 cm³/mol. The fourth-order valence-electron chi connectivity index (χ4n) is 1.39. The second-order valence-electron chi connectivity index (χ2n) is 2.81. The van der Waals surface area contributed by atoms with Crippen LogP contribution in [0.2, 0.25) is 0 Å². The summed E-state index contributed by atoms with van der Waals surface area (Å²) >= 11 is 4.72. The quantitative estimate of drug-likeness (QED) is 0.669. The van der Waals surface area contributed by atoms with Gasteiger partial charge < -0.3 is 0 Å². The van der Waals surface area contributed by atoms with E-state index in [0.29, 0.717) is 6.42 Å². The van der Waals surface area contributed by atoms with Gasteiger partial charge in [0.05, 0.1) is 5.52 Å². The van der Waals surface area contributed by atoms with E-state index in [1.807, 2.05) is 18.2 Å². The summed E-state index contributed by atoms with van der Waals surface area (Å²) in [4.78, 5) is 4.31. The van der Waals surface area contributed by atoms with Crippen LogP contribution in [-0.2, 0) is 6.42 Å². The molecular weight excluding hydrogens is 178 g/mol. The van der Waals surface area contributed by atoms with Crippen LogP contribution in [0.1, 0.15) is 5.56 Å². The number of fused-ring (bicyclic) bond motifs is 1. The molecule has 0 bridgehead atoms. The third-order valence-corrected chi connectivity index (χ3v) is 2.12. The molecule has 0 amide bonds. The van der Waals surface area contributed by atoms with Gasteiger partial charge in [-0.05, 0) is 11.6 Å². The maximum Gasteiger partial charge on any atom is 0.0737 e. The second-order valence-corrected chi connectivity index (χ2v) is 3.10. The molecule has 13 heavy (non-hydrogen) atoms. The smallest absolute Gasteiger partial charge is 0.0737 e. The summed E-state index contributed by atoms with van der Waals surface area (Å²) in [5, 5.41) is 3.88. The van der Waals surface area contributed by atoms with Gasteiger partial charge in [-0.15, -0.1) is 0 Å². The first-order valence-corrected chi connectivity index (χ1v) is 4.50. The van der Waals surface area contributed by atoms with Crippen LogP contribution in [0.15, 0.2) is 36.5 Å². The van der Waals surface area contributed by atoms with Crippen LogP contribution in [-0.4, -0.2) is 10.4 Å². The SMILES string of the molecule is S=[C]Cc1cccc2cccnc12. The molecule has 1 heterocycles. The molecule has 0 unspecified atom stereocenters. The summed E-state index contributed by atoms with van der Waals surface area (Å²) in [6, 6.07) is 10.1. The highest BCUT2D eigenvalue weighted by atomic mass is 32.1. The van der Waals surface area contributed by atoms with E-state index in [9.17, 15) is 0 Å².